The van der Waals surface area contributed by atoms with Crippen LogP contribution in [0, 0.1) is 6.92 Å². The van der Waals surface area contributed by atoms with Crippen LogP contribution in [-0.4, -0.2) is 173 Å². The lowest BCUT2D eigenvalue weighted by molar-refractivity contribution is -0.745. The number of pyridine rings is 1. The minimum absolute atomic E-state index is 0.0293. The number of ether oxygens (including phenoxy) is 6. The third-order valence-corrected chi connectivity index (χ3v) is 17.7. The Balaban J connectivity index is 0.882. The maximum Gasteiger partial charge on any atom is 0.490 e. The molecule has 79 heavy (non-hydrogen) atoms. The van der Waals surface area contributed by atoms with Crippen LogP contribution in [0.3, 0.4) is 0 Å². The molecule has 0 amide bonds. The molecule has 12 N–H and O–H groups in total. The van der Waals surface area contributed by atoms with Gasteiger partial charge in [-0.3, -0.25) is 41.8 Å². The van der Waals surface area contributed by atoms with Crippen molar-refractivity contribution in [2.45, 2.75) is 100 Å². The van der Waals surface area contributed by atoms with Gasteiger partial charge in [-0.25, -0.2) is 42.8 Å². The van der Waals surface area contributed by atoms with Gasteiger partial charge in [0.25, 0.3) is 17.1 Å². The Hall–Kier alpha value is -4.88. The van der Waals surface area contributed by atoms with Crippen LogP contribution in [0.1, 0.15) is 38.2 Å². The van der Waals surface area contributed by atoms with Crippen LogP contribution in [0.4, 0.5) is 11.8 Å². The third kappa shape index (κ3) is 12.2. The number of H-pyrrole nitrogens is 2. The maximum atomic E-state index is 14.0. The van der Waals surface area contributed by atoms with Crippen molar-refractivity contribution in [1.29, 1.82) is 0 Å². The molecule has 7 unspecified atom stereocenters. The number of aryl methyl sites for hydroxylation is 2. The first-order valence-electron chi connectivity index (χ1n) is 23.2. The second-order valence-electron chi connectivity index (χ2n) is 18.2. The predicted octanol–water partition coefficient (Wildman–Crippen LogP) is -1.29. The maximum absolute atomic E-state index is 14.0. The van der Waals surface area contributed by atoms with Gasteiger partial charge in [0.15, 0.2) is 35.8 Å². The number of imidazole rings is 3. The van der Waals surface area contributed by atoms with Gasteiger partial charge < -0.3 is 79.2 Å². The molecule has 0 saturated carbocycles. The molecule has 3 aliphatic heterocycles. The third-order valence-electron chi connectivity index (χ3n) is 12.5. The van der Waals surface area contributed by atoms with E-state index >= 15 is 0 Å². The number of nitrogen functional groups attached to an aromatic ring is 2. The van der Waals surface area contributed by atoms with Crippen LogP contribution in [0.5, 0.6) is 0 Å². The zero-order chi connectivity index (χ0) is 57.3. The molecule has 434 valence electrons. The van der Waals surface area contributed by atoms with Gasteiger partial charge in [0.2, 0.25) is 11.7 Å². The summed E-state index contributed by atoms with van der Waals surface area (Å²) in [5.74, 6) is -0.332. The van der Waals surface area contributed by atoms with Crippen LogP contribution in [0.2, 0.25) is 0 Å². The standard InChI is InChI=1S/C38H53N13O24P4/c1-15(2)69-27-19(71-35(25(27)53)49-12-43-21-17(49)7-16(3)45-33(21)54)9-66-76(56,57)73-28-20(72-37(29(28)65-6)50-13-44-22-30(39)41-11-42-31(22)50)10-68-78(60,61)75-79(62,63)74-77(58,59)67-8-18-26(64-5)24(52)36(70-18)51-14-48(4)23-32(51)46-38(40)47-34(23)55/h7,11-15,18-20,24-29,35-37,52-53H,8-10H2,1-6H3,(H9-,39,40,41,42,45,46,47,54,55,56,57,58,59,60,61,62,63)/p+1/t18-,19-,20-,24?,25+,26+,27?,28?,29+,35-,36-,37-/m1/s1. The van der Waals surface area contributed by atoms with Crippen LogP contribution in [0.15, 0.2) is 41.0 Å². The smallest absolute Gasteiger partial charge is 0.386 e. The minimum Gasteiger partial charge on any atom is -0.386 e. The number of anilines is 2. The molecular weight excluding hydrogens is 1150 g/mol. The number of aromatic amines is 2. The van der Waals surface area contributed by atoms with Gasteiger partial charge in [-0.2, -0.15) is 8.62 Å². The van der Waals surface area contributed by atoms with E-state index in [1.54, 1.807) is 26.8 Å². The molecule has 9 rings (SSSR count). The van der Waals surface area contributed by atoms with Crippen LogP contribution < -0.4 is 27.2 Å². The van der Waals surface area contributed by atoms with Gasteiger partial charge in [0.1, 0.15) is 66.8 Å². The number of phosphoric acid groups is 4. The van der Waals surface area contributed by atoms with Crippen LogP contribution in [0.25, 0.3) is 33.4 Å². The van der Waals surface area contributed by atoms with E-state index in [0.717, 1.165) is 20.5 Å². The number of aliphatic hydroxyl groups excluding tert-OH is 2. The molecular formula is C38H54N13O24P4+. The first-order valence-corrected chi connectivity index (χ1v) is 29.2. The molecule has 6 aromatic heterocycles. The summed E-state index contributed by atoms with van der Waals surface area (Å²) in [4.78, 5) is 93.6. The number of hydrogen-bond acceptors (Lipinski definition) is 27. The second kappa shape index (κ2) is 22.5. The van der Waals surface area contributed by atoms with E-state index in [1.165, 1.54) is 44.3 Å². The zero-order valence-electron chi connectivity index (χ0n) is 42.0. The SMILES string of the molecule is CO[C@@H]1C(O)[C@H]([n+]2cn(C)c3c(=O)[nH]c(N)nc32)O[C@@H]1COP(=O)(O)OP(=O)(O)OP(=O)(O)OC[C@H]1O[C@@H](n2cnc3c(N)ncnc32)[C@@H](OC)C1OP(=O)(O)OC[C@H]1O[C@@H](n2cnc3c(=O)[nH]c(C)cc32)[C@@H](O)C1OC(C)C. The molecule has 0 aliphatic carbocycles. The highest BCUT2D eigenvalue weighted by atomic mass is 31.3. The topological polar surface area (TPSA) is 501 Å². The average Bonchev–Trinajstić information content (AvgIpc) is 4.37. The lowest BCUT2D eigenvalue weighted by atomic mass is 10.1. The van der Waals surface area contributed by atoms with Crippen molar-refractivity contribution < 1.29 is 108 Å². The number of nitrogens with zero attached hydrogens (tertiary/aromatic N) is 9. The molecule has 0 aromatic carbocycles. The van der Waals surface area contributed by atoms with Gasteiger partial charge in [-0.15, -0.1) is 0 Å². The van der Waals surface area contributed by atoms with Crippen molar-refractivity contribution in [3.63, 3.8) is 0 Å². The van der Waals surface area contributed by atoms with Crippen molar-refractivity contribution in [2.75, 3.05) is 45.5 Å². The highest BCUT2D eigenvalue weighted by Gasteiger charge is 2.54. The number of aliphatic hydroxyl groups is 2. The summed E-state index contributed by atoms with van der Waals surface area (Å²) in [6.07, 6.45) is -13.1. The van der Waals surface area contributed by atoms with E-state index in [2.05, 4.69) is 43.5 Å². The highest BCUT2D eigenvalue weighted by Crippen LogP contribution is 2.68. The fraction of sp³-hybridized carbons (Fsp3) is 0.579. The molecule has 3 fully saturated rings. The van der Waals surface area contributed by atoms with Crippen molar-refractivity contribution in [2.24, 2.45) is 7.05 Å². The monoisotopic (exact) mass is 1200 g/mol. The quantitative estimate of drug-likeness (QED) is 0.0279. The first-order chi connectivity index (χ1) is 37.1. The number of fused-ring (bicyclic) bond motifs is 3. The molecule has 0 bridgehead atoms. The van der Waals surface area contributed by atoms with Gasteiger partial charge in [0.05, 0.1) is 51.1 Å². The fourth-order valence-electron chi connectivity index (χ4n) is 9.28. The summed E-state index contributed by atoms with van der Waals surface area (Å²) in [5.41, 5.74) is 11.5. The van der Waals surface area contributed by atoms with Crippen molar-refractivity contribution >= 4 is 76.4 Å². The number of nitrogens with one attached hydrogen (secondary N) is 2. The van der Waals surface area contributed by atoms with Gasteiger partial charge in [-0.05, 0) is 26.8 Å². The van der Waals surface area contributed by atoms with E-state index in [1.807, 2.05) is 0 Å². The molecule has 9 heterocycles. The summed E-state index contributed by atoms with van der Waals surface area (Å²) in [5, 5.41) is 22.6. The Bertz CT molecular complexity index is 3560. The largest absolute Gasteiger partial charge is 0.490 e. The molecule has 41 heteroatoms. The Labute approximate surface area is 442 Å². The van der Waals surface area contributed by atoms with E-state index < -0.39 is 142 Å². The molecule has 6 aromatic rings. The second-order valence-corrected chi connectivity index (χ2v) is 24.3. The van der Waals surface area contributed by atoms with Crippen molar-refractivity contribution in [3.8, 4) is 0 Å². The molecule has 3 aliphatic rings. The first kappa shape index (κ1) is 58.8. The van der Waals surface area contributed by atoms with E-state index in [-0.39, 0.29) is 39.6 Å². The minimum atomic E-state index is -6.17. The number of rotatable bonds is 22. The normalized spacial score (nSPS) is 29.6. The Kier molecular flexibility index (Phi) is 16.7. The summed E-state index contributed by atoms with van der Waals surface area (Å²) < 4.78 is 123. The number of methoxy groups -OCH3 is 2. The highest BCUT2D eigenvalue weighted by molar-refractivity contribution is 7.66. The lowest BCUT2D eigenvalue weighted by Crippen LogP contribution is -2.46. The van der Waals surface area contributed by atoms with Gasteiger partial charge in [0, 0.05) is 19.9 Å². The molecule has 0 radical (unpaired) electrons. The van der Waals surface area contributed by atoms with E-state index in [0.29, 0.717) is 11.2 Å². The van der Waals surface area contributed by atoms with Crippen molar-refractivity contribution in [3.05, 3.63) is 57.8 Å². The predicted molar refractivity (Wildman–Crippen MR) is 260 cm³/mol. The van der Waals surface area contributed by atoms with Crippen LogP contribution in [-0.2, 0) is 80.4 Å². The number of phosphoric ester groups is 3. The molecule has 0 spiro atoms. The summed E-state index contributed by atoms with van der Waals surface area (Å²) in [7, 11) is -19.5. The van der Waals surface area contributed by atoms with E-state index in [9.17, 15) is 57.6 Å². The van der Waals surface area contributed by atoms with Crippen LogP contribution >= 0.6 is 31.3 Å². The lowest BCUT2D eigenvalue weighted by Gasteiger charge is -2.27. The number of nitrogens with two attached hydrogens (primary N) is 2. The fourth-order valence-corrected chi connectivity index (χ4v) is 13.8. The summed E-state index contributed by atoms with van der Waals surface area (Å²) >= 11 is 0. The Morgan fingerprint density at radius 2 is 1.33 bits per heavy atom. The van der Waals surface area contributed by atoms with E-state index in [4.69, 9.17) is 58.0 Å². The number of hydrogen-bond donors (Lipinski definition) is 10. The Morgan fingerprint density at radius 1 is 0.734 bits per heavy atom. The van der Waals surface area contributed by atoms with Gasteiger partial charge in [-0.1, -0.05) is 4.98 Å². The van der Waals surface area contributed by atoms with Crippen molar-refractivity contribution in [1.82, 2.24) is 48.6 Å². The Morgan fingerprint density at radius 3 is 1.97 bits per heavy atom. The average molecular weight is 1200 g/mol. The molecule has 37 nitrogen and oxygen atoms in total. The number of aromatic nitrogens is 11. The van der Waals surface area contributed by atoms with Gasteiger partial charge >= 0.3 is 36.9 Å². The summed E-state index contributed by atoms with van der Waals surface area (Å²) in [6, 6.07) is 1.60. The summed E-state index contributed by atoms with van der Waals surface area (Å²) in [6.45, 7) is 1.93. The molecule has 3 saturated heterocycles. The zero-order valence-corrected chi connectivity index (χ0v) is 45.6. The molecule has 16 atom stereocenters.